The molecular formula is C19H27ClN6O3S2. The van der Waals surface area contributed by atoms with Gasteiger partial charge in [0.2, 0.25) is 10.0 Å². The average molecular weight is 487 g/mol. The second-order valence-corrected chi connectivity index (χ2v) is 11.5. The molecule has 0 amide bonds. The third kappa shape index (κ3) is 5.35. The number of aliphatic hydroxyl groups is 1. The Bertz CT molecular complexity index is 1030. The summed E-state index contributed by atoms with van der Waals surface area (Å²) in [7, 11) is -1.19. The van der Waals surface area contributed by atoms with Crippen molar-refractivity contribution in [1.82, 2.24) is 23.5 Å². The number of sulfonamides is 1. The van der Waals surface area contributed by atoms with Gasteiger partial charge < -0.3 is 15.3 Å². The molecule has 2 aromatic rings. The van der Waals surface area contributed by atoms with E-state index in [1.807, 2.05) is 6.07 Å². The van der Waals surface area contributed by atoms with Crippen LogP contribution in [0, 0.1) is 0 Å². The Morgan fingerprint density at radius 1 is 1.26 bits per heavy atom. The van der Waals surface area contributed by atoms with E-state index in [9.17, 15) is 13.5 Å². The third-order valence-electron chi connectivity index (χ3n) is 5.96. The maximum atomic E-state index is 11.7. The molecule has 2 fully saturated rings. The summed E-state index contributed by atoms with van der Waals surface area (Å²) in [5.74, 6) is 1.81. The monoisotopic (exact) mass is 486 g/mol. The molecule has 0 bridgehead atoms. The van der Waals surface area contributed by atoms with Gasteiger partial charge in [-0.15, -0.1) is 0 Å². The molecule has 2 N–H and O–H groups in total. The summed E-state index contributed by atoms with van der Waals surface area (Å²) in [5, 5.41) is 14.9. The normalized spacial score (nSPS) is 24.4. The fraction of sp³-hybridized carbons (Fsp3) is 0.632. The summed E-state index contributed by atoms with van der Waals surface area (Å²) in [6, 6.07) is 1.51. The average Bonchev–Trinajstić information content (AvgIpc) is 3.20. The molecular weight excluding hydrogens is 460 g/mol. The maximum Gasteiger partial charge on any atom is 0.211 e. The van der Waals surface area contributed by atoms with E-state index in [0.29, 0.717) is 29.7 Å². The summed E-state index contributed by atoms with van der Waals surface area (Å²) in [6.07, 6.45) is 4.46. The van der Waals surface area contributed by atoms with Crippen LogP contribution in [0.3, 0.4) is 0 Å². The van der Waals surface area contributed by atoms with Crippen molar-refractivity contribution in [2.45, 2.75) is 37.3 Å². The van der Waals surface area contributed by atoms with Crippen LogP contribution in [0.25, 0.3) is 10.6 Å². The van der Waals surface area contributed by atoms with Crippen LogP contribution in [0.5, 0.6) is 0 Å². The van der Waals surface area contributed by atoms with Crippen molar-refractivity contribution in [2.24, 2.45) is 0 Å². The molecule has 0 saturated carbocycles. The van der Waals surface area contributed by atoms with Crippen LogP contribution in [0.1, 0.15) is 31.0 Å². The van der Waals surface area contributed by atoms with Crippen molar-refractivity contribution in [2.75, 3.05) is 44.8 Å². The van der Waals surface area contributed by atoms with Crippen LogP contribution in [-0.2, 0) is 10.0 Å². The van der Waals surface area contributed by atoms with Gasteiger partial charge in [-0.25, -0.2) is 18.4 Å². The summed E-state index contributed by atoms with van der Waals surface area (Å²) in [6.45, 7) is 2.51. The number of β-amino-alcohol motifs (C(OH)–C–C–N with tert-alkyl or cyclic N) is 1. The Kier molecular flexibility index (Phi) is 6.80. The van der Waals surface area contributed by atoms with Crippen molar-refractivity contribution in [3.8, 4) is 10.6 Å². The zero-order valence-corrected chi connectivity index (χ0v) is 19.9. The van der Waals surface area contributed by atoms with Crippen molar-refractivity contribution >= 4 is 39.0 Å². The van der Waals surface area contributed by atoms with E-state index in [-0.39, 0.29) is 12.6 Å². The van der Waals surface area contributed by atoms with Crippen LogP contribution in [-0.4, -0.2) is 88.7 Å². The number of piperidine rings is 2. The van der Waals surface area contributed by atoms with Gasteiger partial charge >= 0.3 is 0 Å². The predicted octanol–water partition coefficient (Wildman–Crippen LogP) is 1.87. The Hall–Kier alpha value is -1.37. The highest BCUT2D eigenvalue weighted by molar-refractivity contribution is 7.88. The first kappa shape index (κ1) is 22.8. The van der Waals surface area contributed by atoms with Gasteiger partial charge in [-0.1, -0.05) is 11.6 Å². The fourth-order valence-electron chi connectivity index (χ4n) is 4.02. The van der Waals surface area contributed by atoms with Crippen LogP contribution >= 0.6 is 23.1 Å². The maximum absolute atomic E-state index is 11.7. The van der Waals surface area contributed by atoms with Gasteiger partial charge in [0, 0.05) is 30.8 Å². The molecule has 2 saturated heterocycles. The number of likely N-dealkylation sites (tertiary alicyclic amines) is 1. The Balaban J connectivity index is 1.47. The summed E-state index contributed by atoms with van der Waals surface area (Å²) < 4.78 is 29.3. The molecule has 2 aromatic heterocycles. The van der Waals surface area contributed by atoms with Gasteiger partial charge in [0.05, 0.1) is 23.4 Å². The molecule has 0 aliphatic carbocycles. The minimum absolute atomic E-state index is 0.0628. The molecule has 31 heavy (non-hydrogen) atoms. The molecule has 0 spiro atoms. The molecule has 2 atom stereocenters. The second-order valence-electron chi connectivity index (χ2n) is 8.31. The van der Waals surface area contributed by atoms with Crippen molar-refractivity contribution in [3.63, 3.8) is 0 Å². The zero-order valence-electron chi connectivity index (χ0n) is 17.5. The molecule has 2 aliphatic heterocycles. The third-order valence-corrected chi connectivity index (χ3v) is 8.29. The van der Waals surface area contributed by atoms with E-state index in [1.165, 1.54) is 15.8 Å². The number of nitrogens with one attached hydrogen (secondary N) is 1. The minimum atomic E-state index is -3.32. The number of pyridine rings is 1. The highest BCUT2D eigenvalue weighted by atomic mass is 35.5. The quantitative estimate of drug-likeness (QED) is 0.658. The zero-order chi connectivity index (χ0) is 22.2. The van der Waals surface area contributed by atoms with Gasteiger partial charge in [0.1, 0.15) is 16.6 Å². The lowest BCUT2D eigenvalue weighted by Gasteiger charge is -2.35. The summed E-state index contributed by atoms with van der Waals surface area (Å²) in [5.41, 5.74) is 0.749. The molecule has 0 radical (unpaired) electrons. The molecule has 0 unspecified atom stereocenters. The Morgan fingerprint density at radius 2 is 2.00 bits per heavy atom. The van der Waals surface area contributed by atoms with Crippen molar-refractivity contribution in [3.05, 3.63) is 23.1 Å². The van der Waals surface area contributed by atoms with Crippen molar-refractivity contribution < 1.29 is 13.5 Å². The van der Waals surface area contributed by atoms with E-state index in [1.54, 1.807) is 6.20 Å². The van der Waals surface area contributed by atoms with E-state index in [0.717, 1.165) is 48.6 Å². The molecule has 4 rings (SSSR count). The summed E-state index contributed by atoms with van der Waals surface area (Å²) >= 11 is 7.74. The van der Waals surface area contributed by atoms with E-state index in [2.05, 4.69) is 26.6 Å². The molecule has 2 aliphatic rings. The molecule has 4 heterocycles. The largest absolute Gasteiger partial charge is 0.390 e. The number of aliphatic hydroxyl groups excluding tert-OH is 1. The lowest BCUT2D eigenvalue weighted by Crippen LogP contribution is -2.51. The number of hydrogen-bond acceptors (Lipinski definition) is 9. The number of nitrogens with zero attached hydrogens (tertiary/aromatic N) is 5. The fourth-order valence-corrected chi connectivity index (χ4v) is 5.90. The van der Waals surface area contributed by atoms with Crippen LogP contribution in [0.2, 0.25) is 5.02 Å². The lowest BCUT2D eigenvalue weighted by atomic mass is 9.96. The number of hydrogen-bond donors (Lipinski definition) is 2. The Morgan fingerprint density at radius 3 is 2.68 bits per heavy atom. The van der Waals surface area contributed by atoms with Gasteiger partial charge in [-0.2, -0.15) is 8.68 Å². The van der Waals surface area contributed by atoms with E-state index in [4.69, 9.17) is 16.6 Å². The SMILES string of the molecule is CN1CCC(c2nsc(-c3cc(N[C@@H]4CCN(S(C)(=O)=O)C[C@H]4O)ncc3Cl)n2)CC1. The van der Waals surface area contributed by atoms with E-state index < -0.39 is 16.1 Å². The van der Waals surface area contributed by atoms with Crippen LogP contribution in [0.15, 0.2) is 12.3 Å². The van der Waals surface area contributed by atoms with Gasteiger partial charge in [0.25, 0.3) is 0 Å². The van der Waals surface area contributed by atoms with Gasteiger partial charge in [0.15, 0.2) is 0 Å². The first-order valence-electron chi connectivity index (χ1n) is 10.3. The molecule has 170 valence electrons. The number of aromatic nitrogens is 3. The molecule has 12 heteroatoms. The smallest absolute Gasteiger partial charge is 0.211 e. The first-order valence-corrected chi connectivity index (χ1v) is 13.3. The highest BCUT2D eigenvalue weighted by Crippen LogP contribution is 2.34. The number of rotatable bonds is 5. The lowest BCUT2D eigenvalue weighted by molar-refractivity contribution is 0.0952. The van der Waals surface area contributed by atoms with Crippen LogP contribution < -0.4 is 5.32 Å². The van der Waals surface area contributed by atoms with Gasteiger partial charge in [-0.3, -0.25) is 0 Å². The molecule has 0 aromatic carbocycles. The number of anilines is 1. The minimum Gasteiger partial charge on any atom is -0.390 e. The number of halogens is 1. The van der Waals surface area contributed by atoms with Crippen LogP contribution in [0.4, 0.5) is 5.82 Å². The Labute approximate surface area is 191 Å². The molecule has 9 nitrogen and oxygen atoms in total. The van der Waals surface area contributed by atoms with E-state index >= 15 is 0 Å². The first-order chi connectivity index (χ1) is 14.7. The predicted molar refractivity (Wildman–Crippen MR) is 122 cm³/mol. The van der Waals surface area contributed by atoms with Gasteiger partial charge in [-0.05, 0) is 57.0 Å². The van der Waals surface area contributed by atoms with Crippen molar-refractivity contribution in [1.29, 1.82) is 0 Å². The topological polar surface area (TPSA) is 112 Å². The summed E-state index contributed by atoms with van der Waals surface area (Å²) in [4.78, 5) is 11.4. The second kappa shape index (κ2) is 9.24. The highest BCUT2D eigenvalue weighted by Gasteiger charge is 2.32. The standard InChI is InChI=1S/C19H27ClN6O3S2/c1-25-6-3-12(4-7-25)18-23-19(30-24-18)13-9-17(21-10-14(13)20)22-15-5-8-26(11-16(15)27)31(2,28)29/h9-10,12,15-16,27H,3-8,11H2,1-2H3,(H,21,22)/t15-,16-/m1/s1.